The quantitative estimate of drug-likeness (QED) is 0.452. The van der Waals surface area contributed by atoms with E-state index >= 15 is 0 Å². The van der Waals surface area contributed by atoms with Gasteiger partial charge in [0.15, 0.2) is 0 Å². The molecule has 0 aromatic rings. The lowest BCUT2D eigenvalue weighted by Crippen LogP contribution is -2.68. The van der Waals surface area contributed by atoms with Crippen LogP contribution in [0.5, 0.6) is 0 Å². The van der Waals surface area contributed by atoms with E-state index < -0.39 is 0 Å². The molecule has 5 saturated carbocycles. The largest absolute Gasteiger partial charge is 0.369 e. The number of hydrogen-bond donors (Lipinski definition) is 1. The van der Waals surface area contributed by atoms with E-state index in [4.69, 9.17) is 5.73 Å². The molecular formula is C31H53NO. The minimum atomic E-state index is -0.0126. The molecule has 2 N–H and O–H groups in total. The van der Waals surface area contributed by atoms with Gasteiger partial charge in [-0.15, -0.1) is 0 Å². The van der Waals surface area contributed by atoms with Crippen LogP contribution < -0.4 is 5.73 Å². The van der Waals surface area contributed by atoms with Crippen molar-refractivity contribution in [2.45, 2.75) is 120 Å². The fraction of sp³-hybridized carbons (Fsp3) is 0.968. The number of amides is 1. The van der Waals surface area contributed by atoms with Crippen molar-refractivity contribution in [2.24, 2.45) is 74.2 Å². The Morgan fingerprint density at radius 2 is 1.45 bits per heavy atom. The van der Waals surface area contributed by atoms with Crippen LogP contribution >= 0.6 is 0 Å². The van der Waals surface area contributed by atoms with Crippen molar-refractivity contribution in [2.75, 3.05) is 0 Å². The number of nitrogens with two attached hydrogens (primary N) is 1. The topological polar surface area (TPSA) is 43.1 Å². The predicted molar refractivity (Wildman–Crippen MR) is 137 cm³/mol. The van der Waals surface area contributed by atoms with Gasteiger partial charge in [-0.1, -0.05) is 55.4 Å². The van der Waals surface area contributed by atoms with Gasteiger partial charge in [-0.3, -0.25) is 4.79 Å². The summed E-state index contributed by atoms with van der Waals surface area (Å²) in [5, 5.41) is 0. The standard InChI is InChI=1S/C31H53NO/c1-19(2)20-11-15-28(5)17-18-29(6)21(25(20)28)9-10-24-30(29,7)16-13-23-27(3,4)14-12-22(26(32)33)31(23,24)8/h19-25H,9-18H2,1-8H3,(H2,32,33)/t20-,21?,22?,23?,24?,25?,28-,29-,30-,31+/m1/s1. The van der Waals surface area contributed by atoms with Crippen LogP contribution in [-0.4, -0.2) is 5.91 Å². The van der Waals surface area contributed by atoms with Gasteiger partial charge in [0.1, 0.15) is 0 Å². The van der Waals surface area contributed by atoms with Crippen LogP contribution in [0.1, 0.15) is 120 Å². The van der Waals surface area contributed by atoms with Crippen molar-refractivity contribution in [1.82, 2.24) is 0 Å². The fourth-order valence-electron chi connectivity index (χ4n) is 12.2. The maximum Gasteiger partial charge on any atom is 0.221 e. The molecule has 10 atom stereocenters. The zero-order valence-corrected chi connectivity index (χ0v) is 23.1. The van der Waals surface area contributed by atoms with Gasteiger partial charge in [-0.05, 0) is 127 Å². The van der Waals surface area contributed by atoms with Crippen molar-refractivity contribution in [1.29, 1.82) is 0 Å². The van der Waals surface area contributed by atoms with Crippen LogP contribution in [0.4, 0.5) is 0 Å². The summed E-state index contributed by atoms with van der Waals surface area (Å²) in [6, 6.07) is 0. The second-order valence-corrected chi connectivity index (χ2v) is 15.6. The SMILES string of the molecule is CC(C)[C@H]1CC[C@]2(C)CC[C@]3(C)C(CCC4[C@@]5(C)C(C(N)=O)CCC(C)(C)C5CC[C@]43C)C12. The lowest BCUT2D eigenvalue weighted by molar-refractivity contribution is -0.248. The highest BCUT2D eigenvalue weighted by Gasteiger charge is 2.71. The van der Waals surface area contributed by atoms with E-state index in [9.17, 15) is 4.79 Å². The first-order valence-electron chi connectivity index (χ1n) is 14.5. The zero-order valence-electron chi connectivity index (χ0n) is 23.1. The molecule has 0 aromatic carbocycles. The first-order valence-corrected chi connectivity index (χ1v) is 14.5. The normalized spacial score (nSPS) is 55.3. The van der Waals surface area contributed by atoms with Gasteiger partial charge in [0, 0.05) is 5.92 Å². The van der Waals surface area contributed by atoms with Gasteiger partial charge in [0.25, 0.3) is 0 Å². The molecule has 0 bridgehead atoms. The molecule has 0 spiro atoms. The number of primary amides is 1. The monoisotopic (exact) mass is 455 g/mol. The molecule has 5 aliphatic carbocycles. The number of carbonyl (C=O) groups excluding carboxylic acids is 1. The third-order valence-corrected chi connectivity index (χ3v) is 14.0. The van der Waals surface area contributed by atoms with Crippen LogP contribution in [-0.2, 0) is 4.79 Å². The summed E-state index contributed by atoms with van der Waals surface area (Å²) in [4.78, 5) is 12.9. The van der Waals surface area contributed by atoms with Crippen molar-refractivity contribution in [3.05, 3.63) is 0 Å². The summed E-state index contributed by atoms with van der Waals surface area (Å²) in [7, 11) is 0. The molecule has 2 nitrogen and oxygen atoms in total. The average molecular weight is 456 g/mol. The molecule has 1 amide bonds. The lowest BCUT2D eigenvalue weighted by Gasteiger charge is -2.73. The molecule has 0 saturated heterocycles. The van der Waals surface area contributed by atoms with Crippen LogP contribution in [0.3, 0.4) is 0 Å². The molecule has 5 rings (SSSR count). The molecule has 0 aromatic heterocycles. The lowest BCUT2D eigenvalue weighted by atomic mass is 9.31. The highest BCUT2D eigenvalue weighted by molar-refractivity contribution is 5.78. The van der Waals surface area contributed by atoms with Crippen LogP contribution in [0.15, 0.2) is 0 Å². The molecule has 5 aliphatic rings. The van der Waals surface area contributed by atoms with E-state index in [0.29, 0.717) is 33.5 Å². The second-order valence-electron chi connectivity index (χ2n) is 15.6. The molecule has 0 heterocycles. The van der Waals surface area contributed by atoms with E-state index in [0.717, 1.165) is 36.5 Å². The minimum absolute atomic E-state index is 0.0126. The Bertz CT molecular complexity index is 816. The van der Waals surface area contributed by atoms with E-state index in [2.05, 4.69) is 55.4 Å². The Hall–Kier alpha value is -0.530. The van der Waals surface area contributed by atoms with Crippen molar-refractivity contribution < 1.29 is 4.79 Å². The molecule has 5 unspecified atom stereocenters. The summed E-state index contributed by atoms with van der Waals surface area (Å²) >= 11 is 0. The first kappa shape index (κ1) is 24.2. The smallest absolute Gasteiger partial charge is 0.221 e. The van der Waals surface area contributed by atoms with Gasteiger partial charge in [0.05, 0.1) is 0 Å². The van der Waals surface area contributed by atoms with Crippen LogP contribution in [0, 0.1) is 68.5 Å². The van der Waals surface area contributed by atoms with Crippen molar-refractivity contribution in [3.8, 4) is 0 Å². The molecule has 2 heteroatoms. The van der Waals surface area contributed by atoms with E-state index in [-0.39, 0.29) is 17.2 Å². The van der Waals surface area contributed by atoms with Gasteiger partial charge in [-0.2, -0.15) is 0 Å². The minimum Gasteiger partial charge on any atom is -0.369 e. The first-order chi connectivity index (χ1) is 15.2. The van der Waals surface area contributed by atoms with Gasteiger partial charge in [0.2, 0.25) is 5.91 Å². The van der Waals surface area contributed by atoms with Gasteiger partial charge < -0.3 is 5.73 Å². The fourth-order valence-corrected chi connectivity index (χ4v) is 12.2. The van der Waals surface area contributed by atoms with Gasteiger partial charge >= 0.3 is 0 Å². The third-order valence-electron chi connectivity index (χ3n) is 14.0. The summed E-state index contributed by atoms with van der Waals surface area (Å²) in [5.41, 5.74) is 7.84. The maximum absolute atomic E-state index is 12.9. The Morgan fingerprint density at radius 1 is 0.758 bits per heavy atom. The number of rotatable bonds is 2. The molecule has 0 aliphatic heterocycles. The third kappa shape index (κ3) is 2.94. The van der Waals surface area contributed by atoms with E-state index in [1.165, 1.54) is 51.4 Å². The predicted octanol–water partition coefficient (Wildman–Crippen LogP) is 7.85. The summed E-state index contributed by atoms with van der Waals surface area (Å²) in [5.74, 6) is 4.76. The molecular weight excluding hydrogens is 402 g/mol. The van der Waals surface area contributed by atoms with Gasteiger partial charge in [-0.25, -0.2) is 0 Å². The zero-order chi connectivity index (χ0) is 24.2. The molecule has 0 radical (unpaired) electrons. The summed E-state index contributed by atoms with van der Waals surface area (Å²) in [6.07, 6.45) is 13.2. The average Bonchev–Trinajstić information content (AvgIpc) is 3.06. The molecule has 188 valence electrons. The summed E-state index contributed by atoms with van der Waals surface area (Å²) < 4.78 is 0. The van der Waals surface area contributed by atoms with Crippen molar-refractivity contribution in [3.63, 3.8) is 0 Å². The Balaban J connectivity index is 1.58. The van der Waals surface area contributed by atoms with Crippen LogP contribution in [0.2, 0.25) is 0 Å². The number of hydrogen-bond acceptors (Lipinski definition) is 1. The number of carbonyl (C=O) groups is 1. The van der Waals surface area contributed by atoms with E-state index in [1.54, 1.807) is 0 Å². The highest BCUT2D eigenvalue weighted by Crippen LogP contribution is 2.78. The van der Waals surface area contributed by atoms with Crippen molar-refractivity contribution >= 4 is 5.91 Å². The Labute approximate surface area is 204 Å². The highest BCUT2D eigenvalue weighted by atomic mass is 16.1. The van der Waals surface area contributed by atoms with E-state index in [1.807, 2.05) is 0 Å². The second kappa shape index (κ2) is 7.25. The number of fused-ring (bicyclic) bond motifs is 7. The molecule has 33 heavy (non-hydrogen) atoms. The van der Waals surface area contributed by atoms with Crippen LogP contribution in [0.25, 0.3) is 0 Å². The maximum atomic E-state index is 12.9. The molecule has 5 fully saturated rings. The summed E-state index contributed by atoms with van der Waals surface area (Å²) in [6.45, 7) is 20.5. The Morgan fingerprint density at radius 3 is 2.09 bits per heavy atom. The Kier molecular flexibility index (Phi) is 5.31.